The smallest absolute Gasteiger partial charge is 0.346 e. The Hall–Kier alpha value is -3.62. The largest absolute Gasteiger partial charge is 0.494 e. The van der Waals surface area contributed by atoms with Crippen LogP contribution in [0, 0.1) is 10.1 Å². The van der Waals surface area contributed by atoms with E-state index in [-0.39, 0.29) is 30.3 Å². The minimum absolute atomic E-state index is 0.179. The van der Waals surface area contributed by atoms with Gasteiger partial charge < -0.3 is 18.9 Å². The summed E-state index contributed by atoms with van der Waals surface area (Å²) in [7, 11) is 0. The Balaban J connectivity index is 1.78. The lowest BCUT2D eigenvalue weighted by Crippen LogP contribution is -2.25. The summed E-state index contributed by atoms with van der Waals surface area (Å²) in [6.07, 6.45) is -1.15. The lowest BCUT2D eigenvalue weighted by molar-refractivity contribution is -0.385. The van der Waals surface area contributed by atoms with Crippen molar-refractivity contribution in [2.75, 3.05) is 19.8 Å². The predicted molar refractivity (Wildman–Crippen MR) is 101 cm³/mol. The van der Waals surface area contributed by atoms with Gasteiger partial charge in [0.2, 0.25) is 5.78 Å². The Morgan fingerprint density at radius 2 is 1.76 bits per heavy atom. The van der Waals surface area contributed by atoms with Crippen LogP contribution in [0.4, 0.5) is 5.69 Å². The van der Waals surface area contributed by atoms with Crippen LogP contribution in [0.2, 0.25) is 0 Å². The van der Waals surface area contributed by atoms with Crippen molar-refractivity contribution < 1.29 is 33.5 Å². The third kappa shape index (κ3) is 4.45. The zero-order valence-corrected chi connectivity index (χ0v) is 15.9. The van der Waals surface area contributed by atoms with Crippen LogP contribution in [0.5, 0.6) is 17.2 Å². The van der Waals surface area contributed by atoms with E-state index in [1.54, 1.807) is 24.3 Å². The van der Waals surface area contributed by atoms with Crippen LogP contribution in [0.15, 0.2) is 36.4 Å². The zero-order valence-electron chi connectivity index (χ0n) is 15.9. The maximum absolute atomic E-state index is 12.5. The van der Waals surface area contributed by atoms with Crippen molar-refractivity contribution in [3.63, 3.8) is 0 Å². The molecule has 152 valence electrons. The van der Waals surface area contributed by atoms with Gasteiger partial charge in [-0.2, -0.15) is 0 Å². The summed E-state index contributed by atoms with van der Waals surface area (Å²) in [6.45, 7) is 4.25. The molecule has 0 fully saturated rings. The second-order valence-electron chi connectivity index (χ2n) is 6.14. The first-order chi connectivity index (χ1) is 13.9. The average molecular weight is 401 g/mol. The van der Waals surface area contributed by atoms with E-state index in [9.17, 15) is 19.7 Å². The number of benzene rings is 2. The number of hydrogen-bond donors (Lipinski definition) is 0. The summed E-state index contributed by atoms with van der Waals surface area (Å²) in [4.78, 5) is 35.7. The number of carbonyl (C=O) groups excluding carboxylic acids is 2. The third-order valence-corrected chi connectivity index (χ3v) is 4.18. The second-order valence-corrected chi connectivity index (χ2v) is 6.14. The summed E-state index contributed by atoms with van der Waals surface area (Å²) >= 11 is 0. The number of carbonyl (C=O) groups is 2. The van der Waals surface area contributed by atoms with Crippen molar-refractivity contribution in [2.24, 2.45) is 0 Å². The van der Waals surface area contributed by atoms with E-state index < -0.39 is 28.5 Å². The number of nitro groups is 1. The molecule has 0 unspecified atom stereocenters. The standard InChI is InChI=1S/C20H19NO8/c1-3-26-14-6-4-13(5-7-14)19(22)12(2)29-20(23)15-10-17-18(28-9-8-27-17)11-16(15)21(24)25/h4-7,10-12H,3,8-9H2,1-2H3/t12-/m0/s1. The molecule has 9 nitrogen and oxygen atoms in total. The van der Waals surface area contributed by atoms with Gasteiger partial charge in [-0.15, -0.1) is 0 Å². The normalized spacial score (nSPS) is 13.3. The number of fused-ring (bicyclic) bond motifs is 1. The van der Waals surface area contributed by atoms with Crippen molar-refractivity contribution in [3.05, 3.63) is 57.6 Å². The minimum Gasteiger partial charge on any atom is -0.494 e. The van der Waals surface area contributed by atoms with Gasteiger partial charge in [-0.1, -0.05) is 0 Å². The fourth-order valence-corrected chi connectivity index (χ4v) is 2.79. The molecule has 0 bridgehead atoms. The van der Waals surface area contributed by atoms with Crippen molar-refractivity contribution >= 4 is 17.4 Å². The van der Waals surface area contributed by atoms with E-state index in [1.807, 2.05) is 6.92 Å². The van der Waals surface area contributed by atoms with Crippen LogP contribution in [-0.4, -0.2) is 42.6 Å². The van der Waals surface area contributed by atoms with E-state index in [0.717, 1.165) is 6.07 Å². The van der Waals surface area contributed by atoms with Crippen LogP contribution in [0.1, 0.15) is 34.6 Å². The summed E-state index contributed by atoms with van der Waals surface area (Å²) in [6, 6.07) is 8.70. The number of nitro benzene ring substituents is 1. The van der Waals surface area contributed by atoms with Gasteiger partial charge in [-0.25, -0.2) is 4.79 Å². The predicted octanol–water partition coefficient (Wildman–Crippen LogP) is 3.19. The van der Waals surface area contributed by atoms with Crippen LogP contribution in [0.3, 0.4) is 0 Å². The second kappa shape index (κ2) is 8.59. The van der Waals surface area contributed by atoms with Gasteiger partial charge in [0.1, 0.15) is 24.5 Å². The van der Waals surface area contributed by atoms with E-state index in [0.29, 0.717) is 17.9 Å². The first-order valence-corrected chi connectivity index (χ1v) is 8.96. The number of hydrogen-bond acceptors (Lipinski definition) is 8. The Labute approximate surface area is 166 Å². The Kier molecular flexibility index (Phi) is 5.96. The molecule has 2 aromatic carbocycles. The number of Topliss-reactive ketones (excluding diaryl/α,β-unsaturated/α-hetero) is 1. The Bertz CT molecular complexity index is 938. The summed E-state index contributed by atoms with van der Waals surface area (Å²) in [5.74, 6) is -0.444. The molecule has 1 aliphatic heterocycles. The van der Waals surface area contributed by atoms with E-state index >= 15 is 0 Å². The molecule has 1 heterocycles. The van der Waals surface area contributed by atoms with Gasteiger partial charge in [0.05, 0.1) is 17.6 Å². The molecule has 1 atom stereocenters. The van der Waals surface area contributed by atoms with Crippen LogP contribution < -0.4 is 14.2 Å². The number of ether oxygens (including phenoxy) is 4. The molecule has 0 radical (unpaired) electrons. The lowest BCUT2D eigenvalue weighted by Gasteiger charge is -2.19. The van der Waals surface area contributed by atoms with Crippen molar-refractivity contribution in [3.8, 4) is 17.2 Å². The SMILES string of the molecule is CCOc1ccc(C(=O)[C@H](C)OC(=O)c2cc3c(cc2[N+](=O)[O-])OCCO3)cc1. The van der Waals surface area contributed by atoms with Crippen molar-refractivity contribution in [2.45, 2.75) is 20.0 Å². The van der Waals surface area contributed by atoms with E-state index in [1.165, 1.54) is 13.0 Å². The van der Waals surface area contributed by atoms with Gasteiger partial charge in [0.25, 0.3) is 5.69 Å². The molecule has 0 saturated heterocycles. The zero-order chi connectivity index (χ0) is 21.0. The molecule has 0 spiro atoms. The van der Waals surface area contributed by atoms with Gasteiger partial charge in [-0.3, -0.25) is 14.9 Å². The molecule has 0 aliphatic carbocycles. The maximum Gasteiger partial charge on any atom is 0.346 e. The molecule has 2 aromatic rings. The number of nitrogens with zero attached hydrogens (tertiary/aromatic N) is 1. The highest BCUT2D eigenvalue weighted by Crippen LogP contribution is 2.37. The molecule has 9 heteroatoms. The molecule has 29 heavy (non-hydrogen) atoms. The first kappa shape index (κ1) is 20.1. The average Bonchev–Trinajstić information content (AvgIpc) is 2.72. The minimum atomic E-state index is -1.15. The number of ketones is 1. The molecule has 0 amide bonds. The highest BCUT2D eigenvalue weighted by Gasteiger charge is 2.29. The molecule has 1 aliphatic rings. The number of rotatable bonds is 7. The summed E-state index contributed by atoms with van der Waals surface area (Å²) < 4.78 is 21.2. The first-order valence-electron chi connectivity index (χ1n) is 8.96. The number of esters is 1. The molecule has 0 aromatic heterocycles. The van der Waals surface area contributed by atoms with Crippen LogP contribution >= 0.6 is 0 Å². The molecule has 0 saturated carbocycles. The topological polar surface area (TPSA) is 114 Å². The molecule has 3 rings (SSSR count). The highest BCUT2D eigenvalue weighted by atomic mass is 16.6. The third-order valence-electron chi connectivity index (χ3n) is 4.18. The van der Waals surface area contributed by atoms with Gasteiger partial charge in [0, 0.05) is 11.6 Å². The Morgan fingerprint density at radius 1 is 1.14 bits per heavy atom. The molecular formula is C20H19NO8. The van der Waals surface area contributed by atoms with E-state index in [2.05, 4.69) is 0 Å². The van der Waals surface area contributed by atoms with Crippen LogP contribution in [-0.2, 0) is 4.74 Å². The van der Waals surface area contributed by atoms with Gasteiger partial charge in [-0.05, 0) is 38.1 Å². The van der Waals surface area contributed by atoms with Crippen LogP contribution in [0.25, 0.3) is 0 Å². The van der Waals surface area contributed by atoms with Crippen molar-refractivity contribution in [1.82, 2.24) is 0 Å². The lowest BCUT2D eigenvalue weighted by atomic mass is 10.1. The fourth-order valence-electron chi connectivity index (χ4n) is 2.79. The monoisotopic (exact) mass is 401 g/mol. The molecule has 0 N–H and O–H groups in total. The summed E-state index contributed by atoms with van der Waals surface area (Å²) in [5.41, 5.74) is -0.476. The Morgan fingerprint density at radius 3 is 2.34 bits per heavy atom. The molecular weight excluding hydrogens is 382 g/mol. The van der Waals surface area contributed by atoms with E-state index in [4.69, 9.17) is 18.9 Å². The maximum atomic E-state index is 12.5. The highest BCUT2D eigenvalue weighted by molar-refractivity contribution is 6.02. The summed E-state index contributed by atoms with van der Waals surface area (Å²) in [5, 5.41) is 11.4. The fraction of sp³-hybridized carbons (Fsp3) is 0.300. The van der Waals surface area contributed by atoms with Gasteiger partial charge >= 0.3 is 5.97 Å². The quantitative estimate of drug-likeness (QED) is 0.301. The van der Waals surface area contributed by atoms with Crippen molar-refractivity contribution in [1.29, 1.82) is 0 Å². The van der Waals surface area contributed by atoms with Gasteiger partial charge in [0.15, 0.2) is 17.6 Å².